The largest absolute Gasteiger partial charge is 0.329 e. The van der Waals surface area contributed by atoms with Crippen molar-refractivity contribution in [2.45, 2.75) is 32.7 Å². The first-order valence-corrected chi connectivity index (χ1v) is 5.59. The Morgan fingerprint density at radius 3 is 2.88 bits per heavy atom. The molecule has 2 heterocycles. The monoisotopic (exact) mass is 220 g/mol. The van der Waals surface area contributed by atoms with Crippen molar-refractivity contribution in [3.05, 3.63) is 17.5 Å². The molecule has 0 aromatic carbocycles. The molecule has 2 aliphatic rings. The number of allylic oxidation sites excluding steroid dienone is 1. The second kappa shape index (κ2) is 4.14. The van der Waals surface area contributed by atoms with Gasteiger partial charge in [0.2, 0.25) is 11.8 Å². The summed E-state index contributed by atoms with van der Waals surface area (Å²) in [6.45, 7) is 4.72. The maximum atomic E-state index is 12.0. The van der Waals surface area contributed by atoms with E-state index in [1.165, 1.54) is 4.90 Å². The number of hydrogen-bond acceptors (Lipinski definition) is 2. The molecule has 0 bridgehead atoms. The van der Waals surface area contributed by atoms with Crippen molar-refractivity contribution in [1.82, 2.24) is 9.80 Å². The molecule has 0 aromatic heterocycles. The summed E-state index contributed by atoms with van der Waals surface area (Å²) < 4.78 is 0. The van der Waals surface area contributed by atoms with Crippen molar-refractivity contribution in [3.63, 3.8) is 0 Å². The van der Waals surface area contributed by atoms with Gasteiger partial charge in [-0.05, 0) is 32.3 Å². The van der Waals surface area contributed by atoms with Gasteiger partial charge in [0.15, 0.2) is 0 Å². The first kappa shape index (κ1) is 11.0. The molecule has 86 valence electrons. The Morgan fingerprint density at radius 2 is 2.19 bits per heavy atom. The molecule has 0 unspecified atom stereocenters. The first-order valence-electron chi connectivity index (χ1n) is 5.59. The Hall–Kier alpha value is -1.54. The molecular formula is C12H16N2O2. The summed E-state index contributed by atoms with van der Waals surface area (Å²) >= 11 is 0. The third-order valence-electron chi connectivity index (χ3n) is 2.96. The van der Waals surface area contributed by atoms with Gasteiger partial charge in [0, 0.05) is 12.7 Å². The van der Waals surface area contributed by atoms with E-state index in [1.54, 1.807) is 11.1 Å². The molecular weight excluding hydrogens is 204 g/mol. The number of carbonyl (C=O) groups excluding carboxylic acids is 2. The zero-order chi connectivity index (χ0) is 11.7. The molecule has 2 saturated heterocycles. The Bertz CT molecular complexity index is 390. The lowest BCUT2D eigenvalue weighted by atomic mass is 10.1. The van der Waals surface area contributed by atoms with Crippen LogP contribution in [0.2, 0.25) is 0 Å². The van der Waals surface area contributed by atoms with Gasteiger partial charge in [-0.15, -0.1) is 5.73 Å². The van der Waals surface area contributed by atoms with Crippen molar-refractivity contribution in [1.29, 1.82) is 0 Å². The zero-order valence-corrected chi connectivity index (χ0v) is 9.69. The molecule has 2 fully saturated rings. The molecule has 0 aromatic rings. The van der Waals surface area contributed by atoms with Gasteiger partial charge >= 0.3 is 0 Å². The summed E-state index contributed by atoms with van der Waals surface area (Å²) in [6, 6.07) is -0.225. The van der Waals surface area contributed by atoms with Crippen molar-refractivity contribution in [2.75, 3.05) is 13.1 Å². The van der Waals surface area contributed by atoms with Crippen molar-refractivity contribution in [3.8, 4) is 0 Å². The first-order chi connectivity index (χ1) is 7.59. The summed E-state index contributed by atoms with van der Waals surface area (Å²) in [5, 5.41) is 0. The molecule has 0 radical (unpaired) electrons. The van der Waals surface area contributed by atoms with E-state index < -0.39 is 0 Å². The third-order valence-corrected chi connectivity index (χ3v) is 2.96. The highest BCUT2D eigenvalue weighted by Crippen LogP contribution is 2.23. The summed E-state index contributed by atoms with van der Waals surface area (Å²) in [4.78, 5) is 27.0. The van der Waals surface area contributed by atoms with E-state index in [0.717, 1.165) is 25.0 Å². The second-order valence-electron chi connectivity index (χ2n) is 4.48. The van der Waals surface area contributed by atoms with Gasteiger partial charge in [-0.1, -0.05) is 0 Å². The standard InChI is InChI=1S/C12H16N2O2/c1-9(2)5-7-13-8-11(15)14-6-3-4-10(14)12(13)16/h7,10H,3-4,6,8H2,1-2H3/t10-/m0/s1. The highest BCUT2D eigenvalue weighted by molar-refractivity contribution is 5.95. The topological polar surface area (TPSA) is 40.6 Å². The fourth-order valence-electron chi connectivity index (χ4n) is 2.14. The molecule has 2 rings (SSSR count). The van der Waals surface area contributed by atoms with Crippen LogP contribution < -0.4 is 0 Å². The lowest BCUT2D eigenvalue weighted by Crippen LogP contribution is -2.55. The van der Waals surface area contributed by atoms with Crippen LogP contribution in [0.5, 0.6) is 0 Å². The van der Waals surface area contributed by atoms with E-state index in [0.29, 0.717) is 0 Å². The molecule has 0 spiro atoms. The lowest BCUT2D eigenvalue weighted by molar-refractivity contribution is -0.150. The number of carbonyl (C=O) groups is 2. The predicted molar refractivity (Wildman–Crippen MR) is 59.4 cm³/mol. The molecule has 0 saturated carbocycles. The molecule has 4 nitrogen and oxygen atoms in total. The SMILES string of the molecule is CC(C)=C=CN1CC(=O)N2CCC[C@H]2C1=O. The summed E-state index contributed by atoms with van der Waals surface area (Å²) in [5.74, 6) is 0.0831. The number of piperazine rings is 1. The van der Waals surface area contributed by atoms with Crippen LogP contribution in [0.4, 0.5) is 0 Å². The van der Waals surface area contributed by atoms with Crippen LogP contribution in [0.15, 0.2) is 17.5 Å². The van der Waals surface area contributed by atoms with Crippen LogP contribution in [0.25, 0.3) is 0 Å². The van der Waals surface area contributed by atoms with Crippen LogP contribution in [0.1, 0.15) is 26.7 Å². The fourth-order valence-corrected chi connectivity index (χ4v) is 2.14. The quantitative estimate of drug-likeness (QED) is 0.616. The van der Waals surface area contributed by atoms with Crippen LogP contribution in [-0.4, -0.2) is 40.7 Å². The molecule has 2 amide bonds. The Labute approximate surface area is 95.2 Å². The minimum absolute atomic E-state index is 0.0332. The minimum atomic E-state index is -0.225. The second-order valence-corrected chi connectivity index (χ2v) is 4.48. The van der Waals surface area contributed by atoms with Gasteiger partial charge in [0.05, 0.1) is 0 Å². The molecule has 16 heavy (non-hydrogen) atoms. The van der Waals surface area contributed by atoms with Gasteiger partial charge in [0.25, 0.3) is 0 Å². The maximum Gasteiger partial charge on any atom is 0.250 e. The minimum Gasteiger partial charge on any atom is -0.329 e. The number of amides is 2. The molecule has 0 aliphatic carbocycles. The average molecular weight is 220 g/mol. The van der Waals surface area contributed by atoms with E-state index in [-0.39, 0.29) is 24.4 Å². The smallest absolute Gasteiger partial charge is 0.250 e. The third kappa shape index (κ3) is 1.89. The summed E-state index contributed by atoms with van der Waals surface area (Å²) in [6.07, 6.45) is 3.33. The van der Waals surface area contributed by atoms with E-state index in [2.05, 4.69) is 5.73 Å². The lowest BCUT2D eigenvalue weighted by Gasteiger charge is -2.34. The highest BCUT2D eigenvalue weighted by Gasteiger charge is 2.41. The van der Waals surface area contributed by atoms with Crippen LogP contribution in [-0.2, 0) is 9.59 Å². The number of rotatable bonds is 1. The summed E-state index contributed by atoms with van der Waals surface area (Å²) in [5.41, 5.74) is 3.97. The van der Waals surface area contributed by atoms with Crippen LogP contribution >= 0.6 is 0 Å². The van der Waals surface area contributed by atoms with Gasteiger partial charge in [-0.3, -0.25) is 9.59 Å². The molecule has 0 N–H and O–H groups in total. The maximum absolute atomic E-state index is 12.0. The van der Waals surface area contributed by atoms with Gasteiger partial charge < -0.3 is 9.80 Å². The van der Waals surface area contributed by atoms with Gasteiger partial charge in [0.1, 0.15) is 12.6 Å². The number of nitrogens with zero attached hydrogens (tertiary/aromatic N) is 2. The van der Waals surface area contributed by atoms with E-state index in [4.69, 9.17) is 0 Å². The fraction of sp³-hybridized carbons (Fsp3) is 0.583. The van der Waals surface area contributed by atoms with Gasteiger partial charge in [-0.25, -0.2) is 0 Å². The van der Waals surface area contributed by atoms with E-state index >= 15 is 0 Å². The van der Waals surface area contributed by atoms with Crippen molar-refractivity contribution >= 4 is 11.8 Å². The van der Waals surface area contributed by atoms with Crippen molar-refractivity contribution < 1.29 is 9.59 Å². The highest BCUT2D eigenvalue weighted by atomic mass is 16.2. The predicted octanol–water partition coefficient (Wildman–Crippen LogP) is 0.898. The molecule has 2 aliphatic heterocycles. The van der Waals surface area contributed by atoms with Gasteiger partial charge in [-0.2, -0.15) is 0 Å². The van der Waals surface area contributed by atoms with Crippen LogP contribution in [0.3, 0.4) is 0 Å². The Kier molecular flexibility index (Phi) is 2.84. The molecule has 4 heteroatoms. The zero-order valence-electron chi connectivity index (χ0n) is 9.69. The Morgan fingerprint density at radius 1 is 1.44 bits per heavy atom. The van der Waals surface area contributed by atoms with Crippen molar-refractivity contribution in [2.24, 2.45) is 0 Å². The van der Waals surface area contributed by atoms with E-state index in [9.17, 15) is 9.59 Å². The van der Waals surface area contributed by atoms with E-state index in [1.807, 2.05) is 13.8 Å². The molecule has 1 atom stereocenters. The van der Waals surface area contributed by atoms with Crippen LogP contribution in [0, 0.1) is 0 Å². The normalized spacial score (nSPS) is 24.2. The average Bonchev–Trinajstić information content (AvgIpc) is 2.70. The summed E-state index contributed by atoms with van der Waals surface area (Å²) in [7, 11) is 0. The number of fused-ring (bicyclic) bond motifs is 1. The number of hydrogen-bond donors (Lipinski definition) is 0. The Balaban J connectivity index is 2.21.